The average Bonchev–Trinajstić information content (AvgIpc) is 3.05. The topological polar surface area (TPSA) is 81.4 Å². The predicted octanol–water partition coefficient (Wildman–Crippen LogP) is 5.36. The van der Waals surface area contributed by atoms with E-state index in [4.69, 9.17) is 16.3 Å². The summed E-state index contributed by atoms with van der Waals surface area (Å²) in [5, 5.41) is 9.79. The molecule has 0 aliphatic rings. The second-order valence-electron chi connectivity index (χ2n) is 7.28. The molecule has 0 aliphatic heterocycles. The Kier molecular flexibility index (Phi) is 7.47. The molecule has 0 saturated carbocycles. The van der Waals surface area contributed by atoms with Gasteiger partial charge in [-0.3, -0.25) is 4.79 Å². The van der Waals surface area contributed by atoms with E-state index in [0.717, 1.165) is 36.2 Å². The quantitative estimate of drug-likeness (QED) is 0.453. The molecule has 0 unspecified atom stereocenters. The first-order valence-electron chi connectivity index (χ1n) is 10.2. The third-order valence-electron chi connectivity index (χ3n) is 5.03. The van der Waals surface area contributed by atoms with Crippen LogP contribution in [0.1, 0.15) is 54.1 Å². The van der Waals surface area contributed by atoms with Crippen LogP contribution >= 0.6 is 11.6 Å². The number of hydrogen-bond donors (Lipinski definition) is 1. The molecule has 0 spiro atoms. The summed E-state index contributed by atoms with van der Waals surface area (Å²) in [6.45, 7) is 4.07. The maximum atomic E-state index is 11.5. The Labute approximate surface area is 186 Å². The molecular weight excluding hydrogens is 416 g/mol. The van der Waals surface area contributed by atoms with E-state index >= 15 is 0 Å². The first kappa shape index (κ1) is 22.6. The lowest BCUT2D eigenvalue weighted by Crippen LogP contribution is -2.11. The van der Waals surface area contributed by atoms with Crippen LogP contribution in [0.4, 0.5) is 0 Å². The number of carbonyl (C=O) groups is 2. The van der Waals surface area contributed by atoms with Gasteiger partial charge in [-0.25, -0.2) is 9.78 Å². The van der Waals surface area contributed by atoms with E-state index in [1.165, 1.54) is 6.92 Å². The number of hydrogen-bond acceptors (Lipinski definition) is 4. The Morgan fingerprint density at radius 3 is 2.48 bits per heavy atom. The van der Waals surface area contributed by atoms with Gasteiger partial charge in [0.25, 0.3) is 0 Å². The minimum atomic E-state index is -0.955. The maximum Gasteiger partial charge on any atom is 0.336 e. The summed E-state index contributed by atoms with van der Waals surface area (Å²) < 4.78 is 7.18. The van der Waals surface area contributed by atoms with E-state index in [1.807, 2.05) is 34.9 Å². The minimum Gasteiger partial charge on any atom is -0.478 e. The van der Waals surface area contributed by atoms with Gasteiger partial charge < -0.3 is 14.4 Å². The van der Waals surface area contributed by atoms with Crippen molar-refractivity contribution in [2.24, 2.45) is 0 Å². The third-order valence-corrected chi connectivity index (χ3v) is 5.33. The number of unbranched alkanes of at least 4 members (excludes halogenated alkanes) is 1. The molecule has 3 rings (SSSR count). The molecule has 7 heteroatoms. The maximum absolute atomic E-state index is 11.5. The number of aromatic nitrogens is 2. The van der Waals surface area contributed by atoms with E-state index < -0.39 is 5.97 Å². The number of esters is 1. The Morgan fingerprint density at radius 1 is 1.13 bits per heavy atom. The summed E-state index contributed by atoms with van der Waals surface area (Å²) in [5.74, 6) is -0.474. The number of carboxylic acids is 1. The summed E-state index contributed by atoms with van der Waals surface area (Å²) in [6.07, 6.45) is 2.78. The van der Waals surface area contributed by atoms with Gasteiger partial charge in [0.15, 0.2) is 5.15 Å². The van der Waals surface area contributed by atoms with Gasteiger partial charge in [0, 0.05) is 19.9 Å². The standard InChI is InChI=1S/C24H25ClN2O4/c1-3-4-9-22-26-23(25)21(15-31-16(2)28)27(22)14-17-10-12-18(13-11-17)19-7-5-6-8-20(19)24(29)30/h5-8,10-13H,3-4,9,14-15H2,1-2H3,(H,29,30). The average molecular weight is 441 g/mol. The molecule has 0 saturated heterocycles. The fourth-order valence-corrected chi connectivity index (χ4v) is 3.67. The van der Waals surface area contributed by atoms with Gasteiger partial charge in [-0.05, 0) is 29.2 Å². The molecule has 31 heavy (non-hydrogen) atoms. The van der Waals surface area contributed by atoms with Crippen molar-refractivity contribution in [2.45, 2.75) is 46.3 Å². The number of imidazole rings is 1. The number of halogens is 1. The Balaban J connectivity index is 1.90. The van der Waals surface area contributed by atoms with Gasteiger partial charge in [-0.2, -0.15) is 0 Å². The Bertz CT molecular complexity index is 1070. The fraction of sp³-hybridized carbons (Fsp3) is 0.292. The fourth-order valence-electron chi connectivity index (χ4n) is 3.42. The molecule has 6 nitrogen and oxygen atoms in total. The van der Waals surface area contributed by atoms with Crippen molar-refractivity contribution < 1.29 is 19.4 Å². The molecule has 0 bridgehead atoms. The van der Waals surface area contributed by atoms with Crippen molar-refractivity contribution in [2.75, 3.05) is 0 Å². The highest BCUT2D eigenvalue weighted by Gasteiger charge is 2.17. The van der Waals surface area contributed by atoms with Crippen LogP contribution in [0.5, 0.6) is 0 Å². The summed E-state index contributed by atoms with van der Waals surface area (Å²) in [7, 11) is 0. The molecule has 1 aromatic heterocycles. The second kappa shape index (κ2) is 10.3. The van der Waals surface area contributed by atoms with E-state index in [-0.39, 0.29) is 18.1 Å². The molecule has 2 aromatic carbocycles. The number of carboxylic acid groups (broad SMARTS) is 1. The monoisotopic (exact) mass is 440 g/mol. The Hall–Kier alpha value is -3.12. The van der Waals surface area contributed by atoms with Crippen LogP contribution in [0.15, 0.2) is 48.5 Å². The normalized spacial score (nSPS) is 10.8. The SMILES string of the molecule is CCCCc1nc(Cl)c(COC(C)=O)n1Cc1ccc(-c2ccccc2C(=O)O)cc1. The number of benzene rings is 2. The summed E-state index contributed by atoms with van der Waals surface area (Å²) >= 11 is 6.35. The lowest BCUT2D eigenvalue weighted by atomic mass is 9.99. The molecule has 0 amide bonds. The zero-order chi connectivity index (χ0) is 22.4. The molecule has 1 N–H and O–H groups in total. The highest BCUT2D eigenvalue weighted by molar-refractivity contribution is 6.30. The third kappa shape index (κ3) is 5.52. The molecule has 0 radical (unpaired) electrons. The van der Waals surface area contributed by atoms with Gasteiger partial charge in [-0.15, -0.1) is 0 Å². The highest BCUT2D eigenvalue weighted by Crippen LogP contribution is 2.26. The van der Waals surface area contributed by atoms with Gasteiger partial charge in [0.05, 0.1) is 11.3 Å². The van der Waals surface area contributed by atoms with Gasteiger partial charge in [0.1, 0.15) is 12.4 Å². The molecule has 0 aliphatic carbocycles. The lowest BCUT2D eigenvalue weighted by molar-refractivity contribution is -0.142. The van der Waals surface area contributed by atoms with Crippen LogP contribution in [0.25, 0.3) is 11.1 Å². The number of rotatable bonds is 9. The first-order valence-corrected chi connectivity index (χ1v) is 10.6. The molecule has 3 aromatic rings. The number of aryl methyl sites for hydroxylation is 1. The van der Waals surface area contributed by atoms with Crippen molar-refractivity contribution in [3.05, 3.63) is 76.3 Å². The van der Waals surface area contributed by atoms with Crippen LogP contribution < -0.4 is 0 Å². The zero-order valence-electron chi connectivity index (χ0n) is 17.6. The summed E-state index contributed by atoms with van der Waals surface area (Å²) in [4.78, 5) is 27.3. The molecule has 0 fully saturated rings. The molecule has 1 heterocycles. The molecule has 0 atom stereocenters. The van der Waals surface area contributed by atoms with E-state index in [2.05, 4.69) is 11.9 Å². The van der Waals surface area contributed by atoms with Gasteiger partial charge in [-0.1, -0.05) is 67.4 Å². The zero-order valence-corrected chi connectivity index (χ0v) is 18.4. The van der Waals surface area contributed by atoms with Crippen molar-refractivity contribution in [3.63, 3.8) is 0 Å². The lowest BCUT2D eigenvalue weighted by Gasteiger charge is -2.13. The van der Waals surface area contributed by atoms with E-state index in [9.17, 15) is 14.7 Å². The van der Waals surface area contributed by atoms with E-state index in [0.29, 0.717) is 23.0 Å². The predicted molar refractivity (Wildman–Crippen MR) is 119 cm³/mol. The van der Waals surface area contributed by atoms with Crippen molar-refractivity contribution in [1.82, 2.24) is 9.55 Å². The van der Waals surface area contributed by atoms with Crippen LogP contribution in [0, 0.1) is 0 Å². The van der Waals surface area contributed by atoms with Crippen molar-refractivity contribution >= 4 is 23.5 Å². The van der Waals surface area contributed by atoms with Gasteiger partial charge >= 0.3 is 11.9 Å². The van der Waals surface area contributed by atoms with Crippen molar-refractivity contribution in [1.29, 1.82) is 0 Å². The van der Waals surface area contributed by atoms with Crippen LogP contribution in [-0.2, 0) is 29.1 Å². The second-order valence-corrected chi connectivity index (χ2v) is 7.64. The number of aromatic carboxylic acids is 1. The van der Waals surface area contributed by atoms with Crippen LogP contribution in [-0.4, -0.2) is 26.6 Å². The van der Waals surface area contributed by atoms with Gasteiger partial charge in [0.2, 0.25) is 0 Å². The molecule has 162 valence electrons. The largest absolute Gasteiger partial charge is 0.478 e. The summed E-state index contributed by atoms with van der Waals surface area (Å²) in [5.41, 5.74) is 3.45. The highest BCUT2D eigenvalue weighted by atomic mass is 35.5. The van der Waals surface area contributed by atoms with Crippen LogP contribution in [0.2, 0.25) is 5.15 Å². The minimum absolute atomic E-state index is 0.0668. The molecular formula is C24H25ClN2O4. The van der Waals surface area contributed by atoms with Crippen LogP contribution in [0.3, 0.4) is 0 Å². The number of carbonyl (C=O) groups excluding carboxylic acids is 1. The smallest absolute Gasteiger partial charge is 0.336 e. The Morgan fingerprint density at radius 2 is 1.84 bits per heavy atom. The first-order chi connectivity index (χ1) is 14.9. The van der Waals surface area contributed by atoms with E-state index in [1.54, 1.807) is 18.2 Å². The summed E-state index contributed by atoms with van der Waals surface area (Å²) in [6, 6.07) is 14.7. The number of nitrogens with zero attached hydrogens (tertiary/aromatic N) is 2. The van der Waals surface area contributed by atoms with Crippen molar-refractivity contribution in [3.8, 4) is 11.1 Å². The number of ether oxygens (including phenoxy) is 1.